The number of rotatable bonds is 3. The van der Waals surface area contributed by atoms with Crippen molar-refractivity contribution in [2.24, 2.45) is 11.3 Å². The Balaban J connectivity index is 1.89. The Hall–Kier alpha value is -2.56. The van der Waals surface area contributed by atoms with E-state index in [1.54, 1.807) is 0 Å². The van der Waals surface area contributed by atoms with E-state index in [1.807, 2.05) is 24.3 Å². The van der Waals surface area contributed by atoms with Crippen LogP contribution in [0.25, 0.3) is 0 Å². The van der Waals surface area contributed by atoms with Crippen LogP contribution in [-0.2, 0) is 14.3 Å². The molecule has 5 nitrogen and oxygen atoms in total. The number of ketones is 1. The van der Waals surface area contributed by atoms with E-state index in [0.29, 0.717) is 6.42 Å². The number of fused-ring (bicyclic) bond motifs is 1. The molecule has 0 saturated heterocycles. The molecule has 1 aromatic rings. The van der Waals surface area contributed by atoms with E-state index in [9.17, 15) is 9.59 Å². The SMILES string of the molecule is COC(=O)CN1c2ccccc2NC2=C(C(=O)CC(C)(C)C2)[C@H]1[C@H]1CC=CCC1. The van der Waals surface area contributed by atoms with Crippen LogP contribution in [0.4, 0.5) is 11.4 Å². The first kappa shape index (κ1) is 19.7. The molecule has 0 fully saturated rings. The van der Waals surface area contributed by atoms with Crippen molar-refractivity contribution < 1.29 is 14.3 Å². The zero-order valence-corrected chi connectivity index (χ0v) is 17.5. The molecule has 4 rings (SSSR count). The van der Waals surface area contributed by atoms with Crippen molar-refractivity contribution in [1.82, 2.24) is 0 Å². The molecule has 2 atom stereocenters. The van der Waals surface area contributed by atoms with E-state index in [4.69, 9.17) is 4.74 Å². The second-order valence-corrected chi connectivity index (χ2v) is 9.17. The lowest BCUT2D eigenvalue weighted by Crippen LogP contribution is -2.48. The largest absolute Gasteiger partial charge is 0.468 e. The molecule has 1 aromatic carbocycles. The molecule has 1 N–H and O–H groups in total. The van der Waals surface area contributed by atoms with Gasteiger partial charge in [-0.15, -0.1) is 0 Å². The number of nitrogens with one attached hydrogen (secondary N) is 1. The van der Waals surface area contributed by atoms with Crippen LogP contribution in [0.15, 0.2) is 47.7 Å². The number of carbonyl (C=O) groups is 2. The van der Waals surface area contributed by atoms with E-state index < -0.39 is 0 Å². The van der Waals surface area contributed by atoms with Crippen LogP contribution in [0.5, 0.6) is 0 Å². The summed E-state index contributed by atoms with van der Waals surface area (Å²) in [6.45, 7) is 4.43. The number of ether oxygens (including phenoxy) is 1. The van der Waals surface area contributed by atoms with Crippen molar-refractivity contribution >= 4 is 23.1 Å². The summed E-state index contributed by atoms with van der Waals surface area (Å²) in [5, 5.41) is 3.58. The van der Waals surface area contributed by atoms with E-state index in [0.717, 1.165) is 48.3 Å². The normalized spacial score (nSPS) is 25.6. The number of methoxy groups -OCH3 is 1. The second kappa shape index (κ2) is 7.69. The van der Waals surface area contributed by atoms with Gasteiger partial charge in [0.05, 0.1) is 24.5 Å². The molecule has 5 heteroatoms. The Morgan fingerprint density at radius 3 is 2.76 bits per heavy atom. The molecule has 0 aromatic heterocycles. The lowest BCUT2D eigenvalue weighted by molar-refractivity contribution is -0.139. The van der Waals surface area contributed by atoms with Crippen LogP contribution in [0.3, 0.4) is 0 Å². The summed E-state index contributed by atoms with van der Waals surface area (Å²) in [4.78, 5) is 27.9. The maximum Gasteiger partial charge on any atom is 0.325 e. The van der Waals surface area contributed by atoms with E-state index in [-0.39, 0.29) is 35.7 Å². The zero-order valence-electron chi connectivity index (χ0n) is 17.5. The van der Waals surface area contributed by atoms with E-state index >= 15 is 0 Å². The average Bonchev–Trinajstić information content (AvgIpc) is 2.82. The predicted octanol–water partition coefficient (Wildman–Crippen LogP) is 4.46. The number of esters is 1. The van der Waals surface area contributed by atoms with Crippen molar-refractivity contribution in [1.29, 1.82) is 0 Å². The van der Waals surface area contributed by atoms with Crippen LogP contribution < -0.4 is 10.2 Å². The van der Waals surface area contributed by atoms with Crippen molar-refractivity contribution in [3.8, 4) is 0 Å². The number of hydrogen-bond donors (Lipinski definition) is 1. The van der Waals surface area contributed by atoms with Crippen LogP contribution in [0.1, 0.15) is 46.0 Å². The number of allylic oxidation sites excluding steroid dienone is 3. The number of hydrogen-bond acceptors (Lipinski definition) is 5. The molecule has 0 saturated carbocycles. The van der Waals surface area contributed by atoms with Crippen LogP contribution in [-0.4, -0.2) is 31.4 Å². The molecular formula is C24H30N2O3. The minimum Gasteiger partial charge on any atom is -0.468 e. The fourth-order valence-corrected chi connectivity index (χ4v) is 5.07. The van der Waals surface area contributed by atoms with Gasteiger partial charge in [0, 0.05) is 17.7 Å². The standard InChI is InChI=1S/C24H30N2O3/c1-24(2)13-18-22(20(27)14-24)23(16-9-5-4-6-10-16)26(15-21(28)29-3)19-12-8-7-11-17(19)25-18/h4-5,7-8,11-12,16,23,25H,6,9-10,13-15H2,1-3H3/t16-,23+/m0/s1. The highest BCUT2D eigenvalue weighted by molar-refractivity contribution is 6.01. The lowest BCUT2D eigenvalue weighted by atomic mass is 9.71. The highest BCUT2D eigenvalue weighted by Gasteiger charge is 2.43. The number of para-hydroxylation sites is 2. The molecule has 0 amide bonds. The van der Waals surface area contributed by atoms with Gasteiger partial charge in [0.2, 0.25) is 0 Å². The molecule has 0 radical (unpaired) electrons. The van der Waals surface area contributed by atoms with Crippen molar-refractivity contribution in [2.75, 3.05) is 23.9 Å². The van der Waals surface area contributed by atoms with Gasteiger partial charge in [-0.2, -0.15) is 0 Å². The minimum absolute atomic E-state index is 0.0770. The summed E-state index contributed by atoms with van der Waals surface area (Å²) < 4.78 is 5.02. The van der Waals surface area contributed by atoms with Gasteiger partial charge in [-0.25, -0.2) is 0 Å². The third kappa shape index (κ3) is 3.83. The van der Waals surface area contributed by atoms with Gasteiger partial charge >= 0.3 is 5.97 Å². The maximum absolute atomic E-state index is 13.4. The van der Waals surface area contributed by atoms with Gasteiger partial charge in [-0.1, -0.05) is 38.1 Å². The Labute approximate surface area is 172 Å². The van der Waals surface area contributed by atoms with Gasteiger partial charge < -0.3 is 15.0 Å². The molecule has 154 valence electrons. The summed E-state index contributed by atoms with van der Waals surface area (Å²) in [5.74, 6) is 0.197. The highest BCUT2D eigenvalue weighted by atomic mass is 16.5. The second-order valence-electron chi connectivity index (χ2n) is 9.17. The predicted molar refractivity (Wildman–Crippen MR) is 115 cm³/mol. The number of carbonyl (C=O) groups excluding carboxylic acids is 2. The third-order valence-electron chi connectivity index (χ3n) is 6.33. The Kier molecular flexibility index (Phi) is 5.24. The molecule has 1 heterocycles. The van der Waals surface area contributed by atoms with Gasteiger partial charge in [-0.05, 0) is 49.1 Å². The Bertz CT molecular complexity index is 884. The quantitative estimate of drug-likeness (QED) is 0.606. The maximum atomic E-state index is 13.4. The van der Waals surface area contributed by atoms with Crippen LogP contribution >= 0.6 is 0 Å². The number of nitrogens with zero attached hydrogens (tertiary/aromatic N) is 1. The van der Waals surface area contributed by atoms with Crippen LogP contribution in [0, 0.1) is 11.3 Å². The first-order chi connectivity index (χ1) is 13.9. The fourth-order valence-electron chi connectivity index (χ4n) is 5.07. The fraction of sp³-hybridized carbons (Fsp3) is 0.500. The topological polar surface area (TPSA) is 58.6 Å². The van der Waals surface area contributed by atoms with Gasteiger partial charge in [0.25, 0.3) is 0 Å². The lowest BCUT2D eigenvalue weighted by Gasteiger charge is -2.41. The number of benzene rings is 1. The molecule has 3 aliphatic rings. The van der Waals surface area contributed by atoms with Crippen LogP contribution in [0.2, 0.25) is 0 Å². The molecule has 1 aliphatic heterocycles. The van der Waals surface area contributed by atoms with E-state index in [1.165, 1.54) is 7.11 Å². The monoisotopic (exact) mass is 394 g/mol. The molecule has 29 heavy (non-hydrogen) atoms. The minimum atomic E-state index is -0.288. The molecule has 0 unspecified atom stereocenters. The average molecular weight is 395 g/mol. The summed E-state index contributed by atoms with van der Waals surface area (Å²) in [6.07, 6.45) is 8.72. The van der Waals surface area contributed by atoms with Gasteiger partial charge in [0.1, 0.15) is 6.54 Å². The molecule has 0 bridgehead atoms. The van der Waals surface area contributed by atoms with E-state index in [2.05, 4.69) is 36.2 Å². The van der Waals surface area contributed by atoms with Crippen molar-refractivity contribution in [3.63, 3.8) is 0 Å². The third-order valence-corrected chi connectivity index (χ3v) is 6.33. The Morgan fingerprint density at radius 1 is 1.24 bits per heavy atom. The molecular weight excluding hydrogens is 364 g/mol. The smallest absolute Gasteiger partial charge is 0.325 e. The Morgan fingerprint density at radius 2 is 2.03 bits per heavy atom. The summed E-state index contributed by atoms with van der Waals surface area (Å²) in [7, 11) is 1.42. The molecule has 2 aliphatic carbocycles. The van der Waals surface area contributed by atoms with Crippen molar-refractivity contribution in [2.45, 2.75) is 52.0 Å². The first-order valence-electron chi connectivity index (χ1n) is 10.5. The zero-order chi connectivity index (χ0) is 20.6. The summed E-state index contributed by atoms with van der Waals surface area (Å²) in [6, 6.07) is 7.90. The summed E-state index contributed by atoms with van der Waals surface area (Å²) >= 11 is 0. The highest BCUT2D eigenvalue weighted by Crippen LogP contribution is 2.46. The summed E-state index contributed by atoms with van der Waals surface area (Å²) in [5.41, 5.74) is 3.71. The number of anilines is 2. The number of Topliss-reactive ketones (excluding diaryl/α,β-unsaturated/α-hetero) is 1. The van der Waals surface area contributed by atoms with Gasteiger partial charge in [0.15, 0.2) is 5.78 Å². The van der Waals surface area contributed by atoms with Crippen molar-refractivity contribution in [3.05, 3.63) is 47.7 Å². The van der Waals surface area contributed by atoms with Gasteiger partial charge in [-0.3, -0.25) is 9.59 Å². The molecule has 0 spiro atoms. The first-order valence-corrected chi connectivity index (χ1v) is 10.5.